The molecule has 0 aliphatic heterocycles. The zero-order chi connectivity index (χ0) is 10.4. The number of H-pyrrole nitrogens is 1. The number of aromatic amines is 1. The normalized spacial score (nSPS) is 11.3. The van der Waals surface area contributed by atoms with Gasteiger partial charge in [-0.05, 0) is 34.1 Å². The Kier molecular flexibility index (Phi) is 1.83. The molecule has 0 saturated carbocycles. The minimum Gasteiger partial charge on any atom is -0.354 e. The molecule has 0 aliphatic rings. The maximum atomic E-state index is 13.4. The molecular weight excluding hydrogens is 257 g/mol. The number of rotatable bonds is 0. The fourth-order valence-electron chi connectivity index (χ4n) is 1.85. The molecule has 0 amide bonds. The predicted octanol–water partition coefficient (Wildman–Crippen LogP) is 4.22. The first kappa shape index (κ1) is 8.92. The van der Waals surface area contributed by atoms with E-state index in [4.69, 9.17) is 0 Å². The molecule has 2 aromatic carbocycles. The molecule has 3 heteroatoms. The van der Waals surface area contributed by atoms with Gasteiger partial charge in [-0.2, -0.15) is 0 Å². The van der Waals surface area contributed by atoms with E-state index >= 15 is 0 Å². The number of fused-ring (bicyclic) bond motifs is 3. The van der Waals surface area contributed by atoms with Crippen molar-refractivity contribution >= 4 is 37.7 Å². The van der Waals surface area contributed by atoms with E-state index in [1.807, 2.05) is 24.3 Å². The van der Waals surface area contributed by atoms with Crippen LogP contribution in [0.15, 0.2) is 40.9 Å². The average molecular weight is 264 g/mol. The van der Waals surface area contributed by atoms with Gasteiger partial charge in [0.05, 0.1) is 4.47 Å². The molecular formula is C12H7BrFN. The fourth-order valence-corrected chi connectivity index (χ4v) is 2.19. The number of hydrogen-bond acceptors (Lipinski definition) is 0. The topological polar surface area (TPSA) is 15.8 Å². The minimum absolute atomic E-state index is 0.229. The zero-order valence-corrected chi connectivity index (χ0v) is 9.31. The van der Waals surface area contributed by atoms with Crippen LogP contribution < -0.4 is 0 Å². The smallest absolute Gasteiger partial charge is 0.138 e. The highest BCUT2D eigenvalue weighted by molar-refractivity contribution is 9.10. The van der Waals surface area contributed by atoms with Gasteiger partial charge in [-0.3, -0.25) is 0 Å². The Balaban J connectivity index is 2.56. The van der Waals surface area contributed by atoms with E-state index in [0.29, 0.717) is 4.47 Å². The lowest BCUT2D eigenvalue weighted by atomic mass is 10.1. The molecule has 1 nitrogen and oxygen atoms in total. The van der Waals surface area contributed by atoms with Crippen molar-refractivity contribution in [2.75, 3.05) is 0 Å². The second-order valence-electron chi connectivity index (χ2n) is 3.48. The van der Waals surface area contributed by atoms with Gasteiger partial charge in [0.2, 0.25) is 0 Å². The van der Waals surface area contributed by atoms with Crippen LogP contribution in [0.4, 0.5) is 4.39 Å². The Labute approximate surface area is 94.0 Å². The van der Waals surface area contributed by atoms with Crippen molar-refractivity contribution in [3.8, 4) is 0 Å². The third-order valence-corrected chi connectivity index (χ3v) is 3.15. The van der Waals surface area contributed by atoms with Gasteiger partial charge in [0.25, 0.3) is 0 Å². The van der Waals surface area contributed by atoms with E-state index in [0.717, 1.165) is 21.8 Å². The molecule has 0 spiro atoms. The van der Waals surface area contributed by atoms with Crippen LogP contribution in [0.3, 0.4) is 0 Å². The van der Waals surface area contributed by atoms with Crippen LogP contribution >= 0.6 is 15.9 Å². The predicted molar refractivity (Wildman–Crippen MR) is 63.5 cm³/mol. The molecule has 0 atom stereocenters. The highest BCUT2D eigenvalue weighted by Gasteiger charge is 2.07. The summed E-state index contributed by atoms with van der Waals surface area (Å²) in [7, 11) is 0. The zero-order valence-electron chi connectivity index (χ0n) is 7.72. The third-order valence-electron chi connectivity index (χ3n) is 2.55. The molecule has 0 aliphatic carbocycles. The van der Waals surface area contributed by atoms with Gasteiger partial charge in [0.15, 0.2) is 0 Å². The second-order valence-corrected chi connectivity index (χ2v) is 4.34. The lowest BCUT2D eigenvalue weighted by Crippen LogP contribution is -1.76. The fraction of sp³-hybridized carbons (Fsp3) is 0. The van der Waals surface area contributed by atoms with E-state index in [9.17, 15) is 4.39 Å². The highest BCUT2D eigenvalue weighted by atomic mass is 79.9. The summed E-state index contributed by atoms with van der Waals surface area (Å²) in [6.07, 6.45) is 0. The molecule has 0 fully saturated rings. The molecule has 1 aromatic heterocycles. The number of aromatic nitrogens is 1. The van der Waals surface area contributed by atoms with Gasteiger partial charge in [-0.25, -0.2) is 4.39 Å². The minimum atomic E-state index is -0.229. The maximum absolute atomic E-state index is 13.4. The standard InChI is InChI=1S/C12H7BrFN/c13-9-6-12-8(5-10(9)14)7-3-1-2-4-11(7)15-12/h1-6,15H. The molecule has 1 heterocycles. The Morgan fingerprint density at radius 1 is 1.00 bits per heavy atom. The van der Waals surface area contributed by atoms with E-state index in [-0.39, 0.29) is 5.82 Å². The number of benzene rings is 2. The summed E-state index contributed by atoms with van der Waals surface area (Å²) < 4.78 is 13.9. The van der Waals surface area contributed by atoms with Crippen molar-refractivity contribution in [1.29, 1.82) is 0 Å². The van der Waals surface area contributed by atoms with Crippen LogP contribution in [0.25, 0.3) is 21.8 Å². The summed E-state index contributed by atoms with van der Waals surface area (Å²) in [6, 6.07) is 11.2. The number of hydrogen-bond donors (Lipinski definition) is 1. The van der Waals surface area contributed by atoms with Crippen molar-refractivity contribution in [2.24, 2.45) is 0 Å². The summed E-state index contributed by atoms with van der Waals surface area (Å²) >= 11 is 3.18. The Hall–Kier alpha value is -1.35. The van der Waals surface area contributed by atoms with Gasteiger partial charge in [0.1, 0.15) is 5.82 Å². The Bertz CT molecular complexity index is 657. The first-order valence-electron chi connectivity index (χ1n) is 4.61. The molecule has 0 saturated heterocycles. The summed E-state index contributed by atoms with van der Waals surface area (Å²) in [4.78, 5) is 3.25. The monoisotopic (exact) mass is 263 g/mol. The van der Waals surface area contributed by atoms with Crippen molar-refractivity contribution in [3.05, 3.63) is 46.7 Å². The number of para-hydroxylation sites is 1. The largest absolute Gasteiger partial charge is 0.354 e. The molecule has 0 bridgehead atoms. The molecule has 3 rings (SSSR count). The lowest BCUT2D eigenvalue weighted by molar-refractivity contribution is 0.623. The summed E-state index contributed by atoms with van der Waals surface area (Å²) in [5, 5.41) is 1.98. The number of nitrogens with one attached hydrogen (secondary N) is 1. The van der Waals surface area contributed by atoms with Crippen molar-refractivity contribution < 1.29 is 4.39 Å². The van der Waals surface area contributed by atoms with E-state index < -0.39 is 0 Å². The molecule has 0 radical (unpaired) electrons. The van der Waals surface area contributed by atoms with Gasteiger partial charge >= 0.3 is 0 Å². The molecule has 0 unspecified atom stereocenters. The van der Waals surface area contributed by atoms with Crippen LogP contribution in [0.5, 0.6) is 0 Å². The van der Waals surface area contributed by atoms with E-state index in [2.05, 4.69) is 20.9 Å². The third kappa shape index (κ3) is 1.27. The van der Waals surface area contributed by atoms with Crippen molar-refractivity contribution in [2.45, 2.75) is 0 Å². The van der Waals surface area contributed by atoms with Crippen LogP contribution in [0, 0.1) is 5.82 Å². The van der Waals surface area contributed by atoms with Crippen LogP contribution in [-0.4, -0.2) is 4.98 Å². The number of halogens is 2. The first-order chi connectivity index (χ1) is 7.25. The molecule has 3 aromatic rings. The maximum Gasteiger partial charge on any atom is 0.138 e. The quantitative estimate of drug-likeness (QED) is 0.625. The summed E-state index contributed by atoms with van der Waals surface area (Å²) in [5.41, 5.74) is 1.98. The van der Waals surface area contributed by atoms with Crippen molar-refractivity contribution in [1.82, 2.24) is 4.98 Å². The van der Waals surface area contributed by atoms with E-state index in [1.165, 1.54) is 0 Å². The molecule has 15 heavy (non-hydrogen) atoms. The van der Waals surface area contributed by atoms with Crippen molar-refractivity contribution in [3.63, 3.8) is 0 Å². The van der Waals surface area contributed by atoms with Gasteiger partial charge < -0.3 is 4.98 Å². The van der Waals surface area contributed by atoms with Gasteiger partial charge in [-0.15, -0.1) is 0 Å². The van der Waals surface area contributed by atoms with E-state index in [1.54, 1.807) is 12.1 Å². The average Bonchev–Trinajstić information content (AvgIpc) is 2.57. The highest BCUT2D eigenvalue weighted by Crippen LogP contribution is 2.29. The Morgan fingerprint density at radius 2 is 1.80 bits per heavy atom. The lowest BCUT2D eigenvalue weighted by Gasteiger charge is -1.94. The first-order valence-corrected chi connectivity index (χ1v) is 5.40. The van der Waals surface area contributed by atoms with Gasteiger partial charge in [0, 0.05) is 21.8 Å². The van der Waals surface area contributed by atoms with Gasteiger partial charge in [-0.1, -0.05) is 18.2 Å². The SMILES string of the molecule is Fc1cc2c(cc1Br)[nH]c1ccccc12. The van der Waals surface area contributed by atoms with Crippen LogP contribution in [0.2, 0.25) is 0 Å². The molecule has 1 N–H and O–H groups in total. The second kappa shape index (κ2) is 3.07. The summed E-state index contributed by atoms with van der Waals surface area (Å²) in [5.74, 6) is -0.229. The Morgan fingerprint density at radius 3 is 2.67 bits per heavy atom. The molecule has 74 valence electrons. The summed E-state index contributed by atoms with van der Waals surface area (Å²) in [6.45, 7) is 0. The van der Waals surface area contributed by atoms with Crippen LogP contribution in [0.1, 0.15) is 0 Å². The van der Waals surface area contributed by atoms with Crippen LogP contribution in [-0.2, 0) is 0 Å².